The fourth-order valence-corrected chi connectivity index (χ4v) is 1.74. The van der Waals surface area contributed by atoms with Crippen molar-refractivity contribution in [1.82, 2.24) is 15.5 Å². The first kappa shape index (κ1) is 18.8. The predicted octanol–water partition coefficient (Wildman–Crippen LogP) is 0.258. The van der Waals surface area contributed by atoms with E-state index in [0.717, 1.165) is 13.0 Å². The molecule has 0 aromatic heterocycles. The van der Waals surface area contributed by atoms with Gasteiger partial charge < -0.3 is 25.0 Å². The third-order valence-corrected chi connectivity index (χ3v) is 2.98. The Morgan fingerprint density at radius 3 is 2.30 bits per heavy atom. The number of hydrogen-bond acceptors (Lipinski definition) is 5. The number of rotatable bonds is 10. The fraction of sp³-hybridized carbons (Fsp3) is 0.500. The van der Waals surface area contributed by atoms with Crippen molar-refractivity contribution in [3.05, 3.63) is 24.3 Å². The lowest BCUT2D eigenvalue weighted by atomic mass is 10.3. The highest BCUT2D eigenvalue weighted by molar-refractivity contribution is 5.85. The molecule has 0 heterocycles. The number of carbonyl (C=O) groups is 2. The van der Waals surface area contributed by atoms with Crippen LogP contribution in [0.2, 0.25) is 0 Å². The van der Waals surface area contributed by atoms with Gasteiger partial charge in [-0.05, 0) is 51.3 Å². The second kappa shape index (κ2) is 10.4. The number of hydrogen-bond donors (Lipinski definition) is 2. The number of carbonyl (C=O) groups excluding carboxylic acids is 2. The van der Waals surface area contributed by atoms with Crippen LogP contribution in [-0.4, -0.2) is 64.2 Å². The van der Waals surface area contributed by atoms with Gasteiger partial charge in [-0.15, -0.1) is 0 Å². The van der Waals surface area contributed by atoms with E-state index in [0.29, 0.717) is 18.0 Å². The summed E-state index contributed by atoms with van der Waals surface area (Å²) in [6.45, 7) is 1.31. The van der Waals surface area contributed by atoms with Crippen molar-refractivity contribution in [3.8, 4) is 11.5 Å². The third kappa shape index (κ3) is 8.67. The van der Waals surface area contributed by atoms with Gasteiger partial charge in [0, 0.05) is 6.54 Å². The molecule has 0 aliphatic carbocycles. The maximum Gasteiger partial charge on any atom is 0.258 e. The number of nitrogens with zero attached hydrogens (tertiary/aromatic N) is 1. The molecule has 7 heteroatoms. The summed E-state index contributed by atoms with van der Waals surface area (Å²) in [5, 5.41) is 5.26. The summed E-state index contributed by atoms with van der Waals surface area (Å²) in [4.78, 5) is 25.2. The van der Waals surface area contributed by atoms with E-state index in [2.05, 4.69) is 10.6 Å². The summed E-state index contributed by atoms with van der Waals surface area (Å²) < 4.78 is 10.4. The first-order valence-electron chi connectivity index (χ1n) is 7.46. The van der Waals surface area contributed by atoms with Gasteiger partial charge in [0.15, 0.2) is 6.61 Å². The van der Waals surface area contributed by atoms with Crippen LogP contribution >= 0.6 is 0 Å². The van der Waals surface area contributed by atoms with E-state index in [1.54, 1.807) is 31.4 Å². The number of methoxy groups -OCH3 is 1. The smallest absolute Gasteiger partial charge is 0.258 e. The van der Waals surface area contributed by atoms with E-state index in [1.807, 2.05) is 19.0 Å². The van der Waals surface area contributed by atoms with Gasteiger partial charge in [-0.1, -0.05) is 0 Å². The van der Waals surface area contributed by atoms with Crippen LogP contribution in [0.5, 0.6) is 11.5 Å². The molecule has 0 saturated heterocycles. The van der Waals surface area contributed by atoms with E-state index in [4.69, 9.17) is 9.47 Å². The third-order valence-electron chi connectivity index (χ3n) is 2.98. The molecule has 0 saturated carbocycles. The normalized spacial score (nSPS) is 10.3. The molecule has 0 unspecified atom stereocenters. The van der Waals surface area contributed by atoms with E-state index < -0.39 is 0 Å². The molecule has 0 radical (unpaired) electrons. The molecule has 2 N–H and O–H groups in total. The Kier molecular flexibility index (Phi) is 8.52. The van der Waals surface area contributed by atoms with Gasteiger partial charge in [0.1, 0.15) is 11.5 Å². The Labute approximate surface area is 136 Å². The summed E-state index contributed by atoms with van der Waals surface area (Å²) >= 11 is 0. The second-order valence-corrected chi connectivity index (χ2v) is 5.25. The van der Waals surface area contributed by atoms with Crippen LogP contribution in [0.4, 0.5) is 0 Å². The van der Waals surface area contributed by atoms with Gasteiger partial charge >= 0.3 is 0 Å². The van der Waals surface area contributed by atoms with Gasteiger partial charge in [-0.2, -0.15) is 0 Å². The molecule has 1 rings (SSSR count). The standard InChI is InChI=1S/C16H25N3O4/c1-19(2)10-4-9-17-15(20)11-18-16(21)12-23-14-7-5-13(22-3)6-8-14/h5-8H,4,9-12H2,1-3H3,(H,17,20)(H,18,21). The first-order valence-corrected chi connectivity index (χ1v) is 7.46. The van der Waals surface area contributed by atoms with Crippen molar-refractivity contribution in [2.24, 2.45) is 0 Å². The molecular formula is C16H25N3O4. The molecule has 0 atom stereocenters. The Morgan fingerprint density at radius 1 is 1.04 bits per heavy atom. The zero-order valence-corrected chi connectivity index (χ0v) is 13.9. The van der Waals surface area contributed by atoms with Gasteiger partial charge in [0.2, 0.25) is 5.91 Å². The monoisotopic (exact) mass is 323 g/mol. The molecule has 128 valence electrons. The second-order valence-electron chi connectivity index (χ2n) is 5.25. The minimum Gasteiger partial charge on any atom is -0.497 e. The highest BCUT2D eigenvalue weighted by Crippen LogP contribution is 2.16. The summed E-state index contributed by atoms with van der Waals surface area (Å²) in [5.41, 5.74) is 0. The number of ether oxygens (including phenoxy) is 2. The van der Waals surface area contributed by atoms with E-state index in [-0.39, 0.29) is 25.0 Å². The van der Waals surface area contributed by atoms with Gasteiger partial charge in [0.25, 0.3) is 5.91 Å². The molecule has 0 aliphatic rings. The van der Waals surface area contributed by atoms with Crippen molar-refractivity contribution in [1.29, 1.82) is 0 Å². The Balaban J connectivity index is 2.14. The fourth-order valence-electron chi connectivity index (χ4n) is 1.74. The largest absolute Gasteiger partial charge is 0.497 e. The lowest BCUT2D eigenvalue weighted by Crippen LogP contribution is -2.39. The SMILES string of the molecule is COc1ccc(OCC(=O)NCC(=O)NCCCN(C)C)cc1. The van der Waals surface area contributed by atoms with Crippen molar-refractivity contribution >= 4 is 11.8 Å². The van der Waals surface area contributed by atoms with Crippen molar-refractivity contribution in [2.75, 3.05) is 47.4 Å². The van der Waals surface area contributed by atoms with Crippen LogP contribution in [0.1, 0.15) is 6.42 Å². The first-order chi connectivity index (χ1) is 11.0. The Bertz CT molecular complexity index is 489. The van der Waals surface area contributed by atoms with E-state index >= 15 is 0 Å². The zero-order chi connectivity index (χ0) is 17.1. The topological polar surface area (TPSA) is 79.9 Å². The lowest BCUT2D eigenvalue weighted by Gasteiger charge is -2.10. The summed E-state index contributed by atoms with van der Waals surface area (Å²) in [5.74, 6) is 0.729. The number of nitrogens with one attached hydrogen (secondary N) is 2. The van der Waals surface area contributed by atoms with Crippen LogP contribution in [0.25, 0.3) is 0 Å². The Hall–Kier alpha value is -2.28. The maximum atomic E-state index is 11.6. The predicted molar refractivity (Wildman–Crippen MR) is 87.7 cm³/mol. The lowest BCUT2D eigenvalue weighted by molar-refractivity contribution is -0.127. The van der Waals surface area contributed by atoms with Crippen LogP contribution in [0.15, 0.2) is 24.3 Å². The highest BCUT2D eigenvalue weighted by Gasteiger charge is 2.06. The number of benzene rings is 1. The Morgan fingerprint density at radius 2 is 1.70 bits per heavy atom. The van der Waals surface area contributed by atoms with Gasteiger partial charge in [-0.25, -0.2) is 0 Å². The van der Waals surface area contributed by atoms with Crippen molar-refractivity contribution in [3.63, 3.8) is 0 Å². The van der Waals surface area contributed by atoms with Crippen LogP contribution in [0, 0.1) is 0 Å². The van der Waals surface area contributed by atoms with Crippen LogP contribution in [0.3, 0.4) is 0 Å². The highest BCUT2D eigenvalue weighted by atomic mass is 16.5. The molecule has 23 heavy (non-hydrogen) atoms. The minimum absolute atomic E-state index is 0.0488. The maximum absolute atomic E-state index is 11.6. The number of amides is 2. The molecule has 0 aliphatic heterocycles. The summed E-state index contributed by atoms with van der Waals surface area (Å²) in [6.07, 6.45) is 0.868. The molecule has 0 bridgehead atoms. The minimum atomic E-state index is -0.343. The van der Waals surface area contributed by atoms with Gasteiger partial charge in [0.05, 0.1) is 13.7 Å². The van der Waals surface area contributed by atoms with E-state index in [9.17, 15) is 9.59 Å². The zero-order valence-electron chi connectivity index (χ0n) is 13.9. The van der Waals surface area contributed by atoms with Crippen molar-refractivity contribution in [2.45, 2.75) is 6.42 Å². The summed E-state index contributed by atoms with van der Waals surface area (Å²) in [6, 6.07) is 6.91. The molecule has 0 spiro atoms. The van der Waals surface area contributed by atoms with Crippen molar-refractivity contribution < 1.29 is 19.1 Å². The van der Waals surface area contributed by atoms with Crippen LogP contribution in [-0.2, 0) is 9.59 Å². The molecule has 2 amide bonds. The summed E-state index contributed by atoms with van der Waals surface area (Å²) in [7, 11) is 5.53. The average Bonchev–Trinajstić information content (AvgIpc) is 2.55. The van der Waals surface area contributed by atoms with Crippen LogP contribution < -0.4 is 20.1 Å². The molecule has 1 aromatic rings. The molecule has 0 fully saturated rings. The average molecular weight is 323 g/mol. The van der Waals surface area contributed by atoms with E-state index in [1.165, 1.54) is 0 Å². The molecule has 1 aromatic carbocycles. The quantitative estimate of drug-likeness (QED) is 0.604. The molecule has 7 nitrogen and oxygen atoms in total. The molecular weight excluding hydrogens is 298 g/mol. The van der Waals surface area contributed by atoms with Gasteiger partial charge in [-0.3, -0.25) is 9.59 Å².